The number of hydrogen-bond acceptors (Lipinski definition) is 2. The van der Waals surface area contributed by atoms with Crippen molar-refractivity contribution in [3.63, 3.8) is 0 Å². The van der Waals surface area contributed by atoms with E-state index in [1.807, 2.05) is 47.1 Å². The number of imidazole rings is 1. The van der Waals surface area contributed by atoms with Gasteiger partial charge in [0.25, 0.3) is 0 Å². The van der Waals surface area contributed by atoms with Gasteiger partial charge in [0.05, 0.1) is 5.69 Å². The first-order chi connectivity index (χ1) is 11.7. The van der Waals surface area contributed by atoms with Gasteiger partial charge in [-0.1, -0.05) is 31.0 Å². The van der Waals surface area contributed by atoms with Gasteiger partial charge in [0, 0.05) is 29.6 Å². The third-order valence-electron chi connectivity index (χ3n) is 4.83. The van der Waals surface area contributed by atoms with Crippen molar-refractivity contribution in [3.05, 3.63) is 54.4 Å². The van der Waals surface area contributed by atoms with Crippen molar-refractivity contribution in [2.75, 3.05) is 5.32 Å². The summed E-state index contributed by atoms with van der Waals surface area (Å²) >= 11 is 0. The summed E-state index contributed by atoms with van der Waals surface area (Å²) in [4.78, 5) is 17.0. The average Bonchev–Trinajstić information content (AvgIpc) is 3.25. The van der Waals surface area contributed by atoms with Gasteiger partial charge >= 0.3 is 0 Å². The van der Waals surface area contributed by atoms with Crippen LogP contribution in [0.2, 0.25) is 0 Å². The molecule has 2 aromatic heterocycles. The Labute approximate surface area is 141 Å². The Balaban J connectivity index is 1.61. The molecule has 1 amide bonds. The van der Waals surface area contributed by atoms with Crippen molar-refractivity contribution < 1.29 is 4.79 Å². The summed E-state index contributed by atoms with van der Waals surface area (Å²) in [6.07, 6.45) is 8.39. The molecule has 122 valence electrons. The van der Waals surface area contributed by atoms with Crippen LogP contribution in [0.4, 0.5) is 5.69 Å². The maximum atomic E-state index is 12.3. The van der Waals surface area contributed by atoms with Crippen molar-refractivity contribution >= 4 is 17.2 Å². The number of nitrogens with one attached hydrogen (secondary N) is 1. The number of aromatic nitrogens is 2. The first-order valence-corrected chi connectivity index (χ1v) is 8.56. The number of rotatable bonds is 3. The van der Waals surface area contributed by atoms with Crippen molar-refractivity contribution in [1.29, 1.82) is 0 Å². The topological polar surface area (TPSA) is 46.4 Å². The first kappa shape index (κ1) is 14.9. The summed E-state index contributed by atoms with van der Waals surface area (Å²) in [5.74, 6) is 0.321. The van der Waals surface area contributed by atoms with Crippen LogP contribution in [-0.2, 0) is 4.79 Å². The highest BCUT2D eigenvalue weighted by Crippen LogP contribution is 2.27. The second kappa shape index (κ2) is 6.11. The van der Waals surface area contributed by atoms with Gasteiger partial charge in [-0.3, -0.25) is 4.79 Å². The molecule has 0 radical (unpaired) electrons. The largest absolute Gasteiger partial charge is 0.326 e. The van der Waals surface area contributed by atoms with Crippen molar-refractivity contribution in [3.8, 4) is 11.3 Å². The van der Waals surface area contributed by atoms with Crippen molar-refractivity contribution in [2.24, 2.45) is 5.92 Å². The number of fused-ring (bicyclic) bond motifs is 1. The lowest BCUT2D eigenvalue weighted by atomic mass is 10.1. The summed E-state index contributed by atoms with van der Waals surface area (Å²) in [7, 11) is 0. The predicted molar refractivity (Wildman–Crippen MR) is 96.0 cm³/mol. The van der Waals surface area contributed by atoms with Crippen LogP contribution in [0.5, 0.6) is 0 Å². The highest BCUT2D eigenvalue weighted by atomic mass is 16.1. The fraction of sp³-hybridized carbons (Fsp3) is 0.300. The Hall–Kier alpha value is -2.62. The molecule has 1 N–H and O–H groups in total. The highest BCUT2D eigenvalue weighted by Gasteiger charge is 2.22. The molecule has 0 saturated heterocycles. The van der Waals surface area contributed by atoms with Crippen molar-refractivity contribution in [2.45, 2.75) is 32.6 Å². The van der Waals surface area contributed by atoms with Crippen LogP contribution < -0.4 is 5.32 Å². The Morgan fingerprint density at radius 3 is 2.83 bits per heavy atom. The fourth-order valence-electron chi connectivity index (χ4n) is 3.48. The third-order valence-corrected chi connectivity index (χ3v) is 4.83. The molecule has 24 heavy (non-hydrogen) atoms. The zero-order chi connectivity index (χ0) is 16.5. The van der Waals surface area contributed by atoms with Gasteiger partial charge in [-0.05, 0) is 43.5 Å². The number of pyridine rings is 1. The van der Waals surface area contributed by atoms with Crippen molar-refractivity contribution in [1.82, 2.24) is 9.38 Å². The second-order valence-electron chi connectivity index (χ2n) is 6.60. The summed E-state index contributed by atoms with van der Waals surface area (Å²) in [5, 5.41) is 3.07. The number of benzene rings is 1. The SMILES string of the molecule is Cc1cccn2cc(-c3cccc(NC(=O)C4CCCC4)c3)nc12. The van der Waals surface area contributed by atoms with Crippen LogP contribution in [0.3, 0.4) is 0 Å². The standard InChI is InChI=1S/C20H21N3O/c1-14-6-5-11-23-13-18(22-19(14)23)16-9-4-10-17(12-16)21-20(24)15-7-2-3-8-15/h4-6,9-13,15H,2-3,7-8H2,1H3,(H,21,24). The fourth-order valence-corrected chi connectivity index (χ4v) is 3.48. The lowest BCUT2D eigenvalue weighted by Gasteiger charge is -2.11. The number of carbonyl (C=O) groups excluding carboxylic acids is 1. The Bertz CT molecular complexity index is 891. The molecule has 4 rings (SSSR count). The predicted octanol–water partition coefficient (Wildman–Crippen LogP) is 4.44. The van der Waals surface area contributed by atoms with Gasteiger partial charge in [0.2, 0.25) is 5.91 Å². The molecular weight excluding hydrogens is 298 g/mol. The van der Waals surface area contributed by atoms with Crippen LogP contribution in [-0.4, -0.2) is 15.3 Å². The molecule has 0 spiro atoms. The zero-order valence-corrected chi connectivity index (χ0v) is 13.8. The van der Waals surface area contributed by atoms with E-state index in [1.54, 1.807) is 0 Å². The van der Waals surface area contributed by atoms with Gasteiger partial charge in [-0.25, -0.2) is 4.98 Å². The number of hydrogen-bond donors (Lipinski definition) is 1. The van der Waals surface area contributed by atoms with Crippen LogP contribution >= 0.6 is 0 Å². The van der Waals surface area contributed by atoms with E-state index in [4.69, 9.17) is 4.98 Å². The number of amides is 1. The van der Waals surface area contributed by atoms with E-state index in [-0.39, 0.29) is 11.8 Å². The first-order valence-electron chi connectivity index (χ1n) is 8.56. The summed E-state index contributed by atoms with van der Waals surface area (Å²) < 4.78 is 2.04. The molecule has 0 aliphatic heterocycles. The number of nitrogens with zero attached hydrogens (tertiary/aromatic N) is 2. The summed E-state index contributed by atoms with van der Waals surface area (Å²) in [5.41, 5.74) is 4.89. The quantitative estimate of drug-likeness (QED) is 0.776. The molecule has 2 heterocycles. The molecule has 1 aromatic carbocycles. The lowest BCUT2D eigenvalue weighted by molar-refractivity contribution is -0.119. The minimum Gasteiger partial charge on any atom is -0.326 e. The zero-order valence-electron chi connectivity index (χ0n) is 13.8. The van der Waals surface area contributed by atoms with Gasteiger partial charge < -0.3 is 9.72 Å². The van der Waals surface area contributed by atoms with Gasteiger partial charge in [-0.15, -0.1) is 0 Å². The lowest BCUT2D eigenvalue weighted by Crippen LogP contribution is -2.20. The molecule has 1 aliphatic carbocycles. The van der Waals surface area contributed by atoms with E-state index < -0.39 is 0 Å². The van der Waals surface area contributed by atoms with Crippen LogP contribution in [0.15, 0.2) is 48.8 Å². The molecular formula is C20H21N3O. The number of aryl methyl sites for hydroxylation is 1. The Kier molecular flexibility index (Phi) is 3.81. The third kappa shape index (κ3) is 2.80. The maximum Gasteiger partial charge on any atom is 0.227 e. The molecule has 0 bridgehead atoms. The molecule has 1 fully saturated rings. The van der Waals surface area contributed by atoms with Crippen LogP contribution in [0, 0.1) is 12.8 Å². The normalized spacial score (nSPS) is 15.0. The number of anilines is 1. The van der Waals surface area contributed by atoms with E-state index in [0.717, 1.165) is 41.0 Å². The Morgan fingerprint density at radius 1 is 1.21 bits per heavy atom. The maximum absolute atomic E-state index is 12.3. The molecule has 4 nitrogen and oxygen atoms in total. The summed E-state index contributed by atoms with van der Waals surface area (Å²) in [6, 6.07) is 12.0. The van der Waals surface area contributed by atoms with Crippen LogP contribution in [0.25, 0.3) is 16.9 Å². The van der Waals surface area contributed by atoms with Crippen LogP contribution in [0.1, 0.15) is 31.2 Å². The highest BCUT2D eigenvalue weighted by molar-refractivity contribution is 5.93. The average molecular weight is 319 g/mol. The Morgan fingerprint density at radius 2 is 2.04 bits per heavy atom. The van der Waals surface area contributed by atoms with E-state index >= 15 is 0 Å². The minimum atomic E-state index is 0.149. The monoisotopic (exact) mass is 319 g/mol. The molecule has 4 heteroatoms. The van der Waals surface area contributed by atoms with E-state index in [2.05, 4.69) is 18.3 Å². The second-order valence-corrected chi connectivity index (χ2v) is 6.60. The van der Waals surface area contributed by atoms with Gasteiger partial charge in [-0.2, -0.15) is 0 Å². The summed E-state index contributed by atoms with van der Waals surface area (Å²) in [6.45, 7) is 2.06. The van der Waals surface area contributed by atoms with E-state index in [1.165, 1.54) is 12.8 Å². The van der Waals surface area contributed by atoms with Gasteiger partial charge in [0.1, 0.15) is 5.65 Å². The number of carbonyl (C=O) groups is 1. The molecule has 0 atom stereocenters. The van der Waals surface area contributed by atoms with E-state index in [9.17, 15) is 4.79 Å². The molecule has 1 aliphatic rings. The van der Waals surface area contributed by atoms with E-state index in [0.29, 0.717) is 0 Å². The van der Waals surface area contributed by atoms with Gasteiger partial charge in [0.15, 0.2) is 0 Å². The molecule has 3 aromatic rings. The smallest absolute Gasteiger partial charge is 0.227 e. The molecule has 1 saturated carbocycles. The minimum absolute atomic E-state index is 0.149. The molecule has 0 unspecified atom stereocenters.